The molecule has 1 aromatic heterocycles. The third-order valence-corrected chi connectivity index (χ3v) is 2.52. The maximum atomic E-state index is 12.5. The van der Waals surface area contributed by atoms with Gasteiger partial charge < -0.3 is 4.90 Å². The lowest BCUT2D eigenvalue weighted by atomic mass is 10.2. The number of hydrogen-bond acceptors (Lipinski definition) is 2. The fourth-order valence-corrected chi connectivity index (χ4v) is 1.63. The number of alkyl halides is 4. The number of hydrogen-bond donors (Lipinski definition) is 0. The molecule has 0 aliphatic rings. The van der Waals surface area contributed by atoms with Gasteiger partial charge in [0.2, 0.25) is 0 Å². The molecule has 0 saturated heterocycles. The number of nitrogens with zero attached hydrogens (tertiary/aromatic N) is 2. The van der Waals surface area contributed by atoms with Crippen molar-refractivity contribution in [2.75, 3.05) is 11.4 Å². The first-order chi connectivity index (χ1) is 7.83. The number of aromatic nitrogens is 1. The van der Waals surface area contributed by atoms with Crippen LogP contribution in [0.25, 0.3) is 0 Å². The average molecular weight is 267 g/mol. The van der Waals surface area contributed by atoms with Gasteiger partial charge in [0, 0.05) is 17.9 Å². The minimum absolute atomic E-state index is 0.186. The highest BCUT2D eigenvalue weighted by Crippen LogP contribution is 2.24. The quantitative estimate of drug-likeness (QED) is 0.774. The topological polar surface area (TPSA) is 16.1 Å². The summed E-state index contributed by atoms with van der Waals surface area (Å²) in [6.45, 7) is 2.45. The lowest BCUT2D eigenvalue weighted by Crippen LogP contribution is -2.39. The van der Waals surface area contributed by atoms with Crippen molar-refractivity contribution in [1.29, 1.82) is 0 Å². The molecule has 17 heavy (non-hydrogen) atoms. The van der Waals surface area contributed by atoms with Gasteiger partial charge in [0.25, 0.3) is 0 Å². The van der Waals surface area contributed by atoms with Crippen molar-refractivity contribution >= 4 is 17.3 Å². The average Bonchev–Trinajstić information content (AvgIpc) is 2.24. The van der Waals surface area contributed by atoms with Crippen molar-refractivity contribution in [3.05, 3.63) is 24.0 Å². The van der Waals surface area contributed by atoms with Gasteiger partial charge in [0.1, 0.15) is 6.54 Å². The zero-order valence-corrected chi connectivity index (χ0v) is 10.4. The predicted molar refractivity (Wildman–Crippen MR) is 62.3 cm³/mol. The molecule has 0 amide bonds. The van der Waals surface area contributed by atoms with Crippen molar-refractivity contribution in [2.45, 2.75) is 31.9 Å². The summed E-state index contributed by atoms with van der Waals surface area (Å²) in [6, 6.07) is 2.89. The van der Waals surface area contributed by atoms with Gasteiger partial charge in [-0.05, 0) is 26.0 Å². The van der Waals surface area contributed by atoms with Crippen molar-refractivity contribution in [3.8, 4) is 0 Å². The summed E-state index contributed by atoms with van der Waals surface area (Å²) in [4.78, 5) is 5.23. The smallest absolute Gasteiger partial charge is 0.360 e. The van der Waals surface area contributed by atoms with Gasteiger partial charge >= 0.3 is 6.18 Å². The minimum atomic E-state index is -4.23. The Balaban J connectivity index is 2.97. The molecule has 6 heteroatoms. The first-order valence-corrected chi connectivity index (χ1v) is 5.71. The second-order valence-corrected chi connectivity index (χ2v) is 4.24. The van der Waals surface area contributed by atoms with Crippen LogP contribution in [-0.4, -0.2) is 23.7 Å². The second kappa shape index (κ2) is 5.58. The van der Waals surface area contributed by atoms with Crippen molar-refractivity contribution in [3.63, 3.8) is 0 Å². The van der Waals surface area contributed by atoms with Crippen molar-refractivity contribution in [2.24, 2.45) is 0 Å². The fraction of sp³-hybridized carbons (Fsp3) is 0.545. The summed E-state index contributed by atoms with van der Waals surface area (Å²) in [5, 5.41) is 0. The van der Waals surface area contributed by atoms with Gasteiger partial charge in [-0.3, -0.25) is 4.98 Å². The van der Waals surface area contributed by atoms with E-state index in [1.54, 1.807) is 26.0 Å². The van der Waals surface area contributed by atoms with Crippen LogP contribution in [0.15, 0.2) is 18.3 Å². The van der Waals surface area contributed by atoms with Crippen LogP contribution in [0.4, 0.5) is 18.9 Å². The number of anilines is 1. The van der Waals surface area contributed by atoms with E-state index in [1.165, 1.54) is 11.1 Å². The van der Waals surface area contributed by atoms with E-state index in [9.17, 15) is 13.2 Å². The molecule has 1 aromatic rings. The Morgan fingerprint density at radius 3 is 2.53 bits per heavy atom. The maximum absolute atomic E-state index is 12.5. The van der Waals surface area contributed by atoms with E-state index >= 15 is 0 Å². The van der Waals surface area contributed by atoms with E-state index in [1.807, 2.05) is 0 Å². The van der Waals surface area contributed by atoms with Gasteiger partial charge in [-0.1, -0.05) is 0 Å². The summed E-state index contributed by atoms with van der Waals surface area (Å²) >= 11 is 5.61. The van der Waals surface area contributed by atoms with E-state index in [-0.39, 0.29) is 11.9 Å². The van der Waals surface area contributed by atoms with Gasteiger partial charge in [-0.2, -0.15) is 13.2 Å². The second-order valence-electron chi connectivity index (χ2n) is 3.98. The molecule has 0 N–H and O–H groups in total. The molecule has 0 saturated carbocycles. The Labute approximate surface area is 103 Å². The lowest BCUT2D eigenvalue weighted by Gasteiger charge is -2.30. The van der Waals surface area contributed by atoms with Crippen LogP contribution in [0.2, 0.25) is 0 Å². The van der Waals surface area contributed by atoms with Crippen molar-refractivity contribution in [1.82, 2.24) is 4.98 Å². The maximum Gasteiger partial charge on any atom is 0.405 e. The standard InChI is InChI=1S/C11H14ClF3N2/c1-8(2)17(7-11(13,14)15)10-3-4-16-9(5-10)6-12/h3-5,8H,6-7H2,1-2H3. The van der Waals surface area contributed by atoms with E-state index in [0.29, 0.717) is 11.4 Å². The molecule has 0 spiro atoms. The molecule has 0 radical (unpaired) electrons. The summed E-state index contributed by atoms with van der Waals surface area (Å²) in [5.41, 5.74) is 1.06. The molecule has 2 nitrogen and oxygen atoms in total. The molecule has 0 aromatic carbocycles. The van der Waals surface area contributed by atoms with E-state index < -0.39 is 12.7 Å². The van der Waals surface area contributed by atoms with Crippen LogP contribution in [0.3, 0.4) is 0 Å². The van der Waals surface area contributed by atoms with Crippen LogP contribution in [0.1, 0.15) is 19.5 Å². The van der Waals surface area contributed by atoms with E-state index in [4.69, 9.17) is 11.6 Å². The van der Waals surface area contributed by atoms with Crippen LogP contribution in [-0.2, 0) is 5.88 Å². The summed E-state index contributed by atoms with van der Waals surface area (Å²) in [5.74, 6) is 0.186. The van der Waals surface area contributed by atoms with E-state index in [2.05, 4.69) is 4.98 Å². The normalized spacial score (nSPS) is 11.9. The Morgan fingerprint density at radius 1 is 1.41 bits per heavy atom. The highest BCUT2D eigenvalue weighted by molar-refractivity contribution is 6.16. The molecule has 0 aliphatic carbocycles. The zero-order chi connectivity index (χ0) is 13.1. The lowest BCUT2D eigenvalue weighted by molar-refractivity contribution is -0.120. The Hall–Kier alpha value is -0.970. The third kappa shape index (κ3) is 4.42. The van der Waals surface area contributed by atoms with Crippen LogP contribution >= 0.6 is 11.6 Å². The van der Waals surface area contributed by atoms with Gasteiger partial charge in [0.05, 0.1) is 11.6 Å². The minimum Gasteiger partial charge on any atom is -0.360 e. The molecule has 0 aliphatic heterocycles. The summed E-state index contributed by atoms with van der Waals surface area (Å²) in [6.07, 6.45) is -2.76. The monoisotopic (exact) mass is 266 g/mol. The van der Waals surface area contributed by atoms with Gasteiger partial charge in [-0.15, -0.1) is 11.6 Å². The Morgan fingerprint density at radius 2 is 2.06 bits per heavy atom. The molecular weight excluding hydrogens is 253 g/mol. The predicted octanol–water partition coefficient (Wildman–Crippen LogP) is 3.60. The Bertz CT molecular complexity index is 366. The number of halogens is 4. The fourth-order valence-electron chi connectivity index (χ4n) is 1.48. The molecule has 0 bridgehead atoms. The summed E-state index contributed by atoms with van der Waals surface area (Å²) < 4.78 is 37.4. The number of pyridine rings is 1. The zero-order valence-electron chi connectivity index (χ0n) is 9.63. The van der Waals surface area contributed by atoms with Gasteiger partial charge in [0.15, 0.2) is 0 Å². The van der Waals surface area contributed by atoms with Crippen LogP contribution in [0, 0.1) is 0 Å². The molecule has 0 unspecified atom stereocenters. The SMILES string of the molecule is CC(C)N(CC(F)(F)F)c1ccnc(CCl)c1. The third-order valence-electron chi connectivity index (χ3n) is 2.24. The molecule has 0 fully saturated rings. The van der Waals surface area contributed by atoms with Gasteiger partial charge in [-0.25, -0.2) is 0 Å². The highest BCUT2D eigenvalue weighted by atomic mass is 35.5. The molecule has 96 valence electrons. The van der Waals surface area contributed by atoms with Crippen LogP contribution in [0.5, 0.6) is 0 Å². The molecule has 1 heterocycles. The molecular formula is C11H14ClF3N2. The highest BCUT2D eigenvalue weighted by Gasteiger charge is 2.32. The summed E-state index contributed by atoms with van der Waals surface area (Å²) in [7, 11) is 0. The largest absolute Gasteiger partial charge is 0.405 e. The Kier molecular flexibility index (Phi) is 4.62. The molecule has 0 atom stereocenters. The molecule has 1 rings (SSSR count). The van der Waals surface area contributed by atoms with Crippen molar-refractivity contribution < 1.29 is 13.2 Å². The number of rotatable bonds is 4. The van der Waals surface area contributed by atoms with Crippen LogP contribution < -0.4 is 4.90 Å². The van der Waals surface area contributed by atoms with E-state index in [0.717, 1.165) is 0 Å². The first kappa shape index (κ1) is 14.1. The first-order valence-electron chi connectivity index (χ1n) is 5.18.